The molecule has 4 N–H and O–H groups in total. The van der Waals surface area contributed by atoms with Crippen LogP contribution in [0.2, 0.25) is 0 Å². The van der Waals surface area contributed by atoms with Gasteiger partial charge < -0.3 is 20.9 Å². The van der Waals surface area contributed by atoms with Crippen molar-refractivity contribution in [1.82, 2.24) is 5.32 Å². The van der Waals surface area contributed by atoms with E-state index < -0.39 is 41.6 Å². The molecule has 8 nitrogen and oxygen atoms in total. The lowest BCUT2D eigenvalue weighted by atomic mass is 9.88. The monoisotopic (exact) mass is 545 g/mol. The summed E-state index contributed by atoms with van der Waals surface area (Å²) in [5.41, 5.74) is 7.14. The predicted molar refractivity (Wildman–Crippen MR) is 156 cm³/mol. The van der Waals surface area contributed by atoms with Gasteiger partial charge in [-0.1, -0.05) is 78.9 Å². The number of nitrogens with two attached hydrogens (primary N) is 1. The van der Waals surface area contributed by atoms with Gasteiger partial charge in [0.2, 0.25) is 11.8 Å². The topological polar surface area (TPSA) is 122 Å². The normalized spacial score (nSPS) is 13.5. The summed E-state index contributed by atoms with van der Waals surface area (Å²) in [6, 6.07) is 26.7. The zero-order valence-corrected chi connectivity index (χ0v) is 23.3. The first-order chi connectivity index (χ1) is 19.1. The van der Waals surface area contributed by atoms with Crippen LogP contribution in [0, 0.1) is 5.92 Å². The molecule has 3 rings (SSSR count). The fraction of sp³-hybridized carbons (Fsp3) is 0.344. The smallest absolute Gasteiger partial charge is 0.407 e. The predicted octanol–water partition coefficient (Wildman–Crippen LogP) is 4.25. The second kappa shape index (κ2) is 14.4. The summed E-state index contributed by atoms with van der Waals surface area (Å²) in [6.07, 6.45) is -1.21. The van der Waals surface area contributed by atoms with E-state index in [1.165, 1.54) is 0 Å². The third kappa shape index (κ3) is 9.32. The van der Waals surface area contributed by atoms with Crippen molar-refractivity contribution in [2.45, 2.75) is 57.8 Å². The fourth-order valence-electron chi connectivity index (χ4n) is 4.48. The van der Waals surface area contributed by atoms with Crippen molar-refractivity contribution in [3.63, 3.8) is 0 Å². The van der Waals surface area contributed by atoms with Crippen LogP contribution in [-0.4, -0.2) is 47.3 Å². The summed E-state index contributed by atoms with van der Waals surface area (Å²) in [5.74, 6) is -1.80. The third-order valence-electron chi connectivity index (χ3n) is 6.32. The Morgan fingerprint density at radius 2 is 1.35 bits per heavy atom. The van der Waals surface area contributed by atoms with E-state index in [2.05, 4.69) is 5.32 Å². The van der Waals surface area contributed by atoms with E-state index in [4.69, 9.17) is 10.5 Å². The maximum atomic E-state index is 14.0. The first-order valence-corrected chi connectivity index (χ1v) is 13.4. The zero-order chi connectivity index (χ0) is 29.1. The highest BCUT2D eigenvalue weighted by atomic mass is 16.6. The molecule has 0 aliphatic heterocycles. The molecular weight excluding hydrogens is 506 g/mol. The molecule has 3 amide bonds. The molecule has 0 heterocycles. The lowest BCUT2D eigenvalue weighted by molar-refractivity contribution is -0.129. The Morgan fingerprint density at radius 1 is 0.850 bits per heavy atom. The quantitative estimate of drug-likeness (QED) is 0.331. The molecule has 0 saturated heterocycles. The number of carbonyl (C=O) groups excluding carboxylic acids is 3. The molecule has 0 fully saturated rings. The summed E-state index contributed by atoms with van der Waals surface area (Å²) in [4.78, 5) is 40.7. The minimum absolute atomic E-state index is 0.0117. The molecule has 0 aliphatic carbocycles. The van der Waals surface area contributed by atoms with E-state index in [0.717, 1.165) is 16.0 Å². The Morgan fingerprint density at radius 3 is 1.85 bits per heavy atom. The van der Waals surface area contributed by atoms with Crippen LogP contribution in [0.4, 0.5) is 10.5 Å². The molecule has 212 valence electrons. The summed E-state index contributed by atoms with van der Waals surface area (Å²) >= 11 is 0. The highest BCUT2D eigenvalue weighted by Gasteiger charge is 2.34. The number of nitrogens with zero attached hydrogens (tertiary/aromatic N) is 1. The molecular formula is C32H39N3O5. The minimum Gasteiger partial charge on any atom is -0.444 e. The van der Waals surface area contributed by atoms with Crippen LogP contribution in [0.1, 0.15) is 38.3 Å². The van der Waals surface area contributed by atoms with Gasteiger partial charge in [-0.25, -0.2) is 9.69 Å². The average molecular weight is 546 g/mol. The second-order valence-electron chi connectivity index (χ2n) is 10.7. The first-order valence-electron chi connectivity index (χ1n) is 13.4. The zero-order valence-electron chi connectivity index (χ0n) is 23.3. The Balaban J connectivity index is 1.93. The van der Waals surface area contributed by atoms with Gasteiger partial charge in [0.1, 0.15) is 5.60 Å². The molecule has 0 spiro atoms. The number of anilines is 1. The van der Waals surface area contributed by atoms with Crippen molar-refractivity contribution in [2.75, 3.05) is 11.4 Å². The molecule has 3 atom stereocenters. The third-order valence-corrected chi connectivity index (χ3v) is 6.32. The molecule has 8 heteroatoms. The number of ether oxygens (including phenoxy) is 1. The van der Waals surface area contributed by atoms with E-state index >= 15 is 0 Å². The standard InChI is InChI=1S/C32H39N3O5/c1-32(2,3)40-31(39)34-27(20-24-15-9-5-10-16-24)28(36)21-25(19-23-13-7-4-8-14-23)30(38)35(29(37)22-33)26-17-11-6-12-18-26/h4-18,25,27-28,36H,19-22,33H2,1-3H3,(H,34,39)/t25-,27+,28+/m1/s1. The number of benzene rings is 3. The molecule has 3 aromatic carbocycles. The summed E-state index contributed by atoms with van der Waals surface area (Å²) in [5, 5.41) is 14.3. The van der Waals surface area contributed by atoms with Crippen LogP contribution in [0.15, 0.2) is 91.0 Å². The summed E-state index contributed by atoms with van der Waals surface area (Å²) < 4.78 is 5.45. The highest BCUT2D eigenvalue weighted by molar-refractivity contribution is 6.16. The lowest BCUT2D eigenvalue weighted by Crippen LogP contribution is -2.49. The van der Waals surface area contributed by atoms with Gasteiger partial charge in [-0.15, -0.1) is 0 Å². The number of nitrogens with one attached hydrogen (secondary N) is 1. The van der Waals surface area contributed by atoms with Gasteiger partial charge in [0.25, 0.3) is 0 Å². The highest BCUT2D eigenvalue weighted by Crippen LogP contribution is 2.24. The van der Waals surface area contributed by atoms with Crippen LogP contribution in [0.25, 0.3) is 0 Å². The van der Waals surface area contributed by atoms with Crippen LogP contribution < -0.4 is 16.0 Å². The van der Waals surface area contributed by atoms with Crippen LogP contribution in [-0.2, 0) is 27.2 Å². The Hall–Kier alpha value is -4.01. The maximum absolute atomic E-state index is 14.0. The van der Waals surface area contributed by atoms with Crippen molar-refractivity contribution in [3.05, 3.63) is 102 Å². The number of rotatable bonds is 11. The number of aliphatic hydroxyl groups is 1. The van der Waals surface area contributed by atoms with E-state index in [0.29, 0.717) is 12.1 Å². The molecule has 0 bridgehead atoms. The molecule has 0 aliphatic rings. The number of hydrogen-bond donors (Lipinski definition) is 3. The van der Waals surface area contributed by atoms with E-state index in [1.807, 2.05) is 60.7 Å². The van der Waals surface area contributed by atoms with Gasteiger partial charge in [-0.3, -0.25) is 9.59 Å². The van der Waals surface area contributed by atoms with E-state index in [1.54, 1.807) is 51.1 Å². The number of hydrogen-bond acceptors (Lipinski definition) is 6. The maximum Gasteiger partial charge on any atom is 0.407 e. The Labute approximate surface area is 236 Å². The molecule has 0 saturated carbocycles. The number of imide groups is 1. The number of para-hydroxylation sites is 1. The molecule has 0 aromatic heterocycles. The molecule has 0 unspecified atom stereocenters. The first kappa shape index (κ1) is 30.5. The van der Waals surface area contributed by atoms with Gasteiger partial charge in [0.05, 0.1) is 24.4 Å². The van der Waals surface area contributed by atoms with Crippen molar-refractivity contribution in [2.24, 2.45) is 11.7 Å². The number of amides is 3. The second-order valence-corrected chi connectivity index (χ2v) is 10.7. The van der Waals surface area contributed by atoms with Gasteiger partial charge in [0, 0.05) is 5.92 Å². The number of carbonyl (C=O) groups is 3. The fourth-order valence-corrected chi connectivity index (χ4v) is 4.48. The Kier molecular flexibility index (Phi) is 11.0. The van der Waals surface area contributed by atoms with Crippen molar-refractivity contribution in [3.8, 4) is 0 Å². The summed E-state index contributed by atoms with van der Waals surface area (Å²) in [6.45, 7) is 4.93. The SMILES string of the molecule is CC(C)(C)OC(=O)N[C@@H](Cc1ccccc1)[C@@H](O)C[C@@H](Cc1ccccc1)C(=O)N(C(=O)CN)c1ccccc1. The van der Waals surface area contributed by atoms with E-state index in [9.17, 15) is 19.5 Å². The minimum atomic E-state index is -1.13. The van der Waals surface area contributed by atoms with Crippen LogP contribution in [0.3, 0.4) is 0 Å². The number of aliphatic hydroxyl groups excluding tert-OH is 1. The van der Waals surface area contributed by atoms with Crippen LogP contribution >= 0.6 is 0 Å². The van der Waals surface area contributed by atoms with E-state index in [-0.39, 0.29) is 19.4 Å². The van der Waals surface area contributed by atoms with Gasteiger partial charge in [-0.05, 0) is 63.3 Å². The van der Waals surface area contributed by atoms with Crippen LogP contribution in [0.5, 0.6) is 0 Å². The molecule has 0 radical (unpaired) electrons. The summed E-state index contributed by atoms with van der Waals surface area (Å²) in [7, 11) is 0. The number of alkyl carbamates (subject to hydrolysis) is 1. The molecule has 40 heavy (non-hydrogen) atoms. The van der Waals surface area contributed by atoms with Crippen molar-refractivity contribution >= 4 is 23.6 Å². The van der Waals surface area contributed by atoms with Crippen molar-refractivity contribution < 1.29 is 24.2 Å². The van der Waals surface area contributed by atoms with Gasteiger partial charge in [0.15, 0.2) is 0 Å². The average Bonchev–Trinajstić information content (AvgIpc) is 2.93. The Bertz CT molecular complexity index is 1230. The van der Waals surface area contributed by atoms with Crippen molar-refractivity contribution in [1.29, 1.82) is 0 Å². The van der Waals surface area contributed by atoms with Gasteiger partial charge >= 0.3 is 6.09 Å². The lowest BCUT2D eigenvalue weighted by Gasteiger charge is -2.31. The molecule has 3 aromatic rings. The van der Waals surface area contributed by atoms with Gasteiger partial charge in [-0.2, -0.15) is 0 Å². The largest absolute Gasteiger partial charge is 0.444 e.